The summed E-state index contributed by atoms with van der Waals surface area (Å²) in [5, 5.41) is 27.4. The van der Waals surface area contributed by atoms with Gasteiger partial charge >= 0.3 is 5.97 Å². The van der Waals surface area contributed by atoms with Crippen molar-refractivity contribution in [3.63, 3.8) is 0 Å². The predicted molar refractivity (Wildman–Crippen MR) is 86.5 cm³/mol. The first-order valence-electron chi connectivity index (χ1n) is 8.72. The normalized spacial score (nSPS) is 13.8. The molecule has 0 saturated carbocycles. The molecule has 0 bridgehead atoms. The van der Waals surface area contributed by atoms with Gasteiger partial charge in [-0.05, 0) is 6.42 Å². The van der Waals surface area contributed by atoms with Crippen molar-refractivity contribution >= 4 is 5.97 Å². The van der Waals surface area contributed by atoms with Gasteiger partial charge in [0.1, 0.15) is 12.7 Å². The monoisotopic (exact) mass is 318 g/mol. The minimum atomic E-state index is -1.04. The van der Waals surface area contributed by atoms with E-state index in [-0.39, 0.29) is 13.0 Å². The average Bonchev–Trinajstić information content (AvgIpc) is 2.50. The highest BCUT2D eigenvalue weighted by Gasteiger charge is 2.13. The quantitative estimate of drug-likeness (QED) is 0.319. The zero-order valence-corrected chi connectivity index (χ0v) is 14.0. The van der Waals surface area contributed by atoms with Crippen LogP contribution < -0.4 is 0 Å². The summed E-state index contributed by atoms with van der Waals surface area (Å²) in [5.74, 6) is -0.532. The minimum absolute atomic E-state index is 0.0465. The van der Waals surface area contributed by atoms with Gasteiger partial charge in [-0.15, -0.1) is 0 Å². The van der Waals surface area contributed by atoms with Crippen molar-refractivity contribution in [3.05, 3.63) is 0 Å². The van der Waals surface area contributed by atoms with Gasteiger partial charge in [0.2, 0.25) is 0 Å². The van der Waals surface area contributed by atoms with Crippen LogP contribution in [0, 0.1) is 0 Å². The van der Waals surface area contributed by atoms with Crippen LogP contribution in [-0.2, 0) is 9.53 Å². The number of hydrogen-bond donors (Lipinski definition) is 3. The number of rotatable bonds is 15. The van der Waals surface area contributed by atoms with Gasteiger partial charge in [-0.2, -0.15) is 0 Å². The highest BCUT2D eigenvalue weighted by atomic mass is 16.5. The van der Waals surface area contributed by atoms with Gasteiger partial charge in [0.15, 0.2) is 0 Å². The Morgan fingerprint density at radius 3 is 2.00 bits per heavy atom. The molecule has 0 aromatic carbocycles. The highest BCUT2D eigenvalue weighted by molar-refractivity contribution is 5.69. The molecule has 0 aliphatic rings. The van der Waals surface area contributed by atoms with E-state index in [2.05, 4.69) is 6.92 Å². The summed E-state index contributed by atoms with van der Waals surface area (Å²) in [6.45, 7) is 1.56. The molecule has 5 nitrogen and oxygen atoms in total. The molecular weight excluding hydrogens is 284 g/mol. The molecule has 2 atom stereocenters. The SMILES string of the molecule is CCCCCCCCCCC[C@H](O)CC(=O)OC[C@@H](O)CO. The second-order valence-electron chi connectivity index (χ2n) is 5.99. The molecule has 5 heteroatoms. The average molecular weight is 318 g/mol. The Bertz CT molecular complexity index is 257. The molecule has 0 amide bonds. The maximum Gasteiger partial charge on any atom is 0.308 e. The summed E-state index contributed by atoms with van der Waals surface area (Å²) >= 11 is 0. The van der Waals surface area contributed by atoms with Crippen molar-refractivity contribution in [1.29, 1.82) is 0 Å². The molecule has 0 fully saturated rings. The van der Waals surface area contributed by atoms with Crippen LogP contribution in [0.2, 0.25) is 0 Å². The van der Waals surface area contributed by atoms with Crippen molar-refractivity contribution in [2.45, 2.75) is 89.8 Å². The minimum Gasteiger partial charge on any atom is -0.463 e. The zero-order valence-electron chi connectivity index (χ0n) is 14.0. The van der Waals surface area contributed by atoms with E-state index in [9.17, 15) is 9.90 Å². The van der Waals surface area contributed by atoms with E-state index in [1.54, 1.807) is 0 Å². The lowest BCUT2D eigenvalue weighted by molar-refractivity contribution is -0.149. The van der Waals surface area contributed by atoms with Crippen molar-refractivity contribution < 1.29 is 24.9 Å². The predicted octanol–water partition coefficient (Wildman–Crippen LogP) is 2.55. The van der Waals surface area contributed by atoms with Gasteiger partial charge in [-0.25, -0.2) is 0 Å². The fraction of sp³-hybridized carbons (Fsp3) is 0.941. The first kappa shape index (κ1) is 21.4. The Morgan fingerprint density at radius 2 is 1.45 bits per heavy atom. The van der Waals surface area contributed by atoms with E-state index in [0.717, 1.165) is 12.8 Å². The van der Waals surface area contributed by atoms with Gasteiger partial charge in [0.05, 0.1) is 19.1 Å². The summed E-state index contributed by atoms with van der Waals surface area (Å²) in [4.78, 5) is 11.4. The van der Waals surface area contributed by atoms with E-state index in [1.165, 1.54) is 44.9 Å². The van der Waals surface area contributed by atoms with Crippen LogP contribution in [0.25, 0.3) is 0 Å². The standard InChI is InChI=1S/C17H34O5/c1-2-3-4-5-6-7-8-9-10-11-15(19)12-17(21)22-14-16(20)13-18/h15-16,18-20H,2-14H2,1H3/t15-,16-/m0/s1. The van der Waals surface area contributed by atoms with E-state index in [4.69, 9.17) is 14.9 Å². The number of unbranched alkanes of at least 4 members (excludes halogenated alkanes) is 8. The molecule has 0 aromatic rings. The van der Waals surface area contributed by atoms with Crippen molar-refractivity contribution in [1.82, 2.24) is 0 Å². The zero-order chi connectivity index (χ0) is 16.6. The Morgan fingerprint density at radius 1 is 0.909 bits per heavy atom. The Labute approximate surface area is 134 Å². The van der Waals surface area contributed by atoms with Gasteiger partial charge in [0, 0.05) is 0 Å². The Kier molecular flexibility index (Phi) is 14.8. The van der Waals surface area contributed by atoms with E-state index in [0.29, 0.717) is 6.42 Å². The molecule has 0 aliphatic carbocycles. The van der Waals surface area contributed by atoms with Crippen LogP contribution in [-0.4, -0.2) is 46.7 Å². The first-order valence-corrected chi connectivity index (χ1v) is 8.72. The summed E-state index contributed by atoms with van der Waals surface area (Å²) in [5.41, 5.74) is 0. The molecule has 0 unspecified atom stereocenters. The van der Waals surface area contributed by atoms with Crippen LogP contribution >= 0.6 is 0 Å². The smallest absolute Gasteiger partial charge is 0.308 e. The number of esters is 1. The summed E-state index contributed by atoms with van der Waals surface area (Å²) in [7, 11) is 0. The number of aliphatic hydroxyl groups is 3. The lowest BCUT2D eigenvalue weighted by Gasteiger charge is -2.12. The third-order valence-corrected chi connectivity index (χ3v) is 3.69. The van der Waals surface area contributed by atoms with Crippen LogP contribution in [0.3, 0.4) is 0 Å². The van der Waals surface area contributed by atoms with Crippen LogP contribution in [0.5, 0.6) is 0 Å². The fourth-order valence-corrected chi connectivity index (χ4v) is 2.29. The van der Waals surface area contributed by atoms with E-state index < -0.39 is 24.8 Å². The first-order chi connectivity index (χ1) is 10.6. The molecule has 0 spiro atoms. The number of aliphatic hydroxyl groups excluding tert-OH is 3. The number of carbonyl (C=O) groups is 1. The molecule has 0 radical (unpaired) electrons. The number of carbonyl (C=O) groups excluding carboxylic acids is 1. The van der Waals surface area contributed by atoms with E-state index >= 15 is 0 Å². The molecule has 22 heavy (non-hydrogen) atoms. The molecular formula is C17H34O5. The number of hydrogen-bond acceptors (Lipinski definition) is 5. The third kappa shape index (κ3) is 14.3. The largest absolute Gasteiger partial charge is 0.463 e. The van der Waals surface area contributed by atoms with Crippen molar-refractivity contribution in [2.75, 3.05) is 13.2 Å². The fourth-order valence-electron chi connectivity index (χ4n) is 2.29. The molecule has 0 heterocycles. The molecule has 3 N–H and O–H groups in total. The van der Waals surface area contributed by atoms with Gasteiger partial charge in [0.25, 0.3) is 0 Å². The maximum atomic E-state index is 11.4. The molecule has 0 saturated heterocycles. The highest BCUT2D eigenvalue weighted by Crippen LogP contribution is 2.12. The summed E-state index contributed by atoms with van der Waals surface area (Å²) < 4.78 is 4.75. The Balaban J connectivity index is 3.38. The van der Waals surface area contributed by atoms with Crippen LogP contribution in [0.1, 0.15) is 77.6 Å². The van der Waals surface area contributed by atoms with Gasteiger partial charge in [-0.1, -0.05) is 64.7 Å². The summed E-state index contributed by atoms with van der Waals surface area (Å²) in [6.07, 6.45) is 9.84. The lowest BCUT2D eigenvalue weighted by Crippen LogP contribution is -2.24. The van der Waals surface area contributed by atoms with E-state index in [1.807, 2.05) is 0 Å². The molecule has 132 valence electrons. The topological polar surface area (TPSA) is 87.0 Å². The lowest BCUT2D eigenvalue weighted by atomic mass is 10.0. The summed E-state index contributed by atoms with van der Waals surface area (Å²) in [6, 6.07) is 0. The van der Waals surface area contributed by atoms with Gasteiger partial charge < -0.3 is 20.1 Å². The maximum absolute atomic E-state index is 11.4. The Hall–Kier alpha value is -0.650. The van der Waals surface area contributed by atoms with Crippen LogP contribution in [0.15, 0.2) is 0 Å². The van der Waals surface area contributed by atoms with Crippen LogP contribution in [0.4, 0.5) is 0 Å². The second-order valence-corrected chi connectivity index (χ2v) is 5.99. The number of ether oxygens (including phenoxy) is 1. The molecule has 0 aromatic heterocycles. The molecule has 0 aliphatic heterocycles. The van der Waals surface area contributed by atoms with Gasteiger partial charge in [-0.3, -0.25) is 4.79 Å². The van der Waals surface area contributed by atoms with Crippen molar-refractivity contribution in [2.24, 2.45) is 0 Å². The molecule has 0 rings (SSSR count). The second kappa shape index (κ2) is 15.3. The third-order valence-electron chi connectivity index (χ3n) is 3.69. The van der Waals surface area contributed by atoms with Crippen molar-refractivity contribution in [3.8, 4) is 0 Å².